The number of hydrogen-bond acceptors (Lipinski definition) is 4. The number of carbonyl (C=O) groups excluding carboxylic acids is 1. The Hall–Kier alpha value is -1.34. The molecule has 4 nitrogen and oxygen atoms in total. The Morgan fingerprint density at radius 2 is 2.31 bits per heavy atom. The van der Waals surface area contributed by atoms with Gasteiger partial charge in [-0.25, -0.2) is 4.79 Å². The molecule has 0 aliphatic heterocycles. The lowest BCUT2D eigenvalue weighted by molar-refractivity contribution is -0.140. The van der Waals surface area contributed by atoms with Gasteiger partial charge in [-0.15, -0.1) is 0 Å². The summed E-state index contributed by atoms with van der Waals surface area (Å²) in [6.07, 6.45) is 1.38. The van der Waals surface area contributed by atoms with E-state index in [1.165, 1.54) is 13.0 Å². The Morgan fingerprint density at radius 3 is 2.62 bits per heavy atom. The monoisotopic (exact) mass is 183 g/mol. The van der Waals surface area contributed by atoms with E-state index >= 15 is 0 Å². The fourth-order valence-corrected chi connectivity index (χ4v) is 0.867. The molecule has 72 valence electrons. The molecule has 1 atom stereocenters. The maximum absolute atomic E-state index is 11.2. The van der Waals surface area contributed by atoms with Crippen LogP contribution in [0.3, 0.4) is 0 Å². The third-order valence-corrected chi connectivity index (χ3v) is 1.53. The summed E-state index contributed by atoms with van der Waals surface area (Å²) in [5, 5.41) is 18.0. The zero-order valence-corrected chi connectivity index (χ0v) is 8.00. The second kappa shape index (κ2) is 4.63. The molecule has 1 N–H and O–H groups in total. The molecule has 13 heavy (non-hydrogen) atoms. The van der Waals surface area contributed by atoms with Crippen LogP contribution in [0.2, 0.25) is 0 Å². The van der Waals surface area contributed by atoms with Crippen LogP contribution in [0.15, 0.2) is 11.6 Å². The summed E-state index contributed by atoms with van der Waals surface area (Å²) in [5.74, 6) is -0.656. The molecule has 0 aromatic rings. The summed E-state index contributed by atoms with van der Waals surface area (Å²) in [4.78, 5) is 11.2. The van der Waals surface area contributed by atoms with Gasteiger partial charge in [-0.05, 0) is 20.8 Å². The first-order valence-electron chi connectivity index (χ1n) is 3.97. The molecule has 0 saturated carbocycles. The molecule has 0 aromatic heterocycles. The molecule has 0 saturated heterocycles. The molecule has 0 rings (SSSR count). The molecule has 0 radical (unpaired) electrons. The van der Waals surface area contributed by atoms with Crippen LogP contribution in [0.4, 0.5) is 0 Å². The van der Waals surface area contributed by atoms with Gasteiger partial charge in [0.05, 0.1) is 12.2 Å². The molecule has 0 heterocycles. The van der Waals surface area contributed by atoms with Gasteiger partial charge in [-0.3, -0.25) is 0 Å². The van der Waals surface area contributed by atoms with Crippen LogP contribution in [0.25, 0.3) is 0 Å². The van der Waals surface area contributed by atoms with Gasteiger partial charge in [0.25, 0.3) is 0 Å². The van der Waals surface area contributed by atoms with Crippen LogP contribution in [0.5, 0.6) is 0 Å². The molecule has 0 spiro atoms. The maximum atomic E-state index is 11.2. The van der Waals surface area contributed by atoms with Crippen molar-refractivity contribution in [3.05, 3.63) is 11.6 Å². The van der Waals surface area contributed by atoms with Crippen LogP contribution in [-0.4, -0.2) is 23.3 Å². The number of nitrogens with zero attached hydrogens (tertiary/aromatic N) is 1. The Kier molecular flexibility index (Phi) is 4.15. The van der Waals surface area contributed by atoms with Crippen molar-refractivity contribution < 1.29 is 14.6 Å². The summed E-state index contributed by atoms with van der Waals surface area (Å²) in [6, 6.07) is 1.62. The first kappa shape index (κ1) is 11.7. The van der Waals surface area contributed by atoms with E-state index < -0.39 is 11.6 Å². The zero-order valence-electron chi connectivity index (χ0n) is 8.00. The fraction of sp³-hybridized carbons (Fsp3) is 0.556. The van der Waals surface area contributed by atoms with Gasteiger partial charge >= 0.3 is 5.97 Å². The predicted octanol–water partition coefficient (Wildman–Crippen LogP) is 0.770. The van der Waals surface area contributed by atoms with Crippen molar-refractivity contribution in [1.29, 1.82) is 5.26 Å². The predicted molar refractivity (Wildman–Crippen MR) is 46.6 cm³/mol. The maximum Gasteiger partial charge on any atom is 0.337 e. The van der Waals surface area contributed by atoms with Crippen molar-refractivity contribution in [1.82, 2.24) is 0 Å². The summed E-state index contributed by atoms with van der Waals surface area (Å²) in [6.45, 7) is 4.70. The van der Waals surface area contributed by atoms with Crippen molar-refractivity contribution in [2.75, 3.05) is 6.61 Å². The van der Waals surface area contributed by atoms with E-state index in [0.717, 1.165) is 0 Å². The summed E-state index contributed by atoms with van der Waals surface area (Å²) < 4.78 is 4.66. The first-order chi connectivity index (χ1) is 5.99. The van der Waals surface area contributed by atoms with Gasteiger partial charge in [-0.1, -0.05) is 6.08 Å². The van der Waals surface area contributed by atoms with E-state index in [1.807, 2.05) is 0 Å². The van der Waals surface area contributed by atoms with E-state index in [-0.39, 0.29) is 12.2 Å². The van der Waals surface area contributed by atoms with Crippen molar-refractivity contribution in [2.45, 2.75) is 26.4 Å². The molecule has 0 aliphatic rings. The number of esters is 1. The Balaban J connectivity index is 4.76. The number of rotatable bonds is 3. The van der Waals surface area contributed by atoms with Crippen molar-refractivity contribution >= 4 is 5.97 Å². The Labute approximate surface area is 77.4 Å². The van der Waals surface area contributed by atoms with E-state index in [2.05, 4.69) is 4.74 Å². The average Bonchev–Trinajstić information content (AvgIpc) is 2.05. The number of carbonyl (C=O) groups is 1. The van der Waals surface area contributed by atoms with Gasteiger partial charge in [0.1, 0.15) is 6.07 Å². The van der Waals surface area contributed by atoms with Crippen LogP contribution < -0.4 is 0 Å². The highest BCUT2D eigenvalue weighted by molar-refractivity contribution is 5.91. The van der Waals surface area contributed by atoms with Crippen molar-refractivity contribution in [2.24, 2.45) is 0 Å². The normalized spacial score (nSPS) is 15.8. The van der Waals surface area contributed by atoms with Crippen LogP contribution in [0.1, 0.15) is 20.8 Å². The molecule has 4 heteroatoms. The molecule has 0 bridgehead atoms. The minimum absolute atomic E-state index is 0.0307. The number of allylic oxidation sites excluding steroid dienone is 1. The van der Waals surface area contributed by atoms with Crippen molar-refractivity contribution in [3.63, 3.8) is 0 Å². The van der Waals surface area contributed by atoms with Crippen molar-refractivity contribution in [3.8, 4) is 6.07 Å². The van der Waals surface area contributed by atoms with Gasteiger partial charge in [-0.2, -0.15) is 5.26 Å². The van der Waals surface area contributed by atoms with E-state index in [0.29, 0.717) is 0 Å². The topological polar surface area (TPSA) is 70.3 Å². The average molecular weight is 183 g/mol. The molecular weight excluding hydrogens is 170 g/mol. The SMILES string of the molecule is C/C=C(/C(=O)OCC)C(C)(O)C#N. The molecule has 0 aromatic carbocycles. The second-order valence-electron chi connectivity index (χ2n) is 2.61. The lowest BCUT2D eigenvalue weighted by Gasteiger charge is -2.16. The molecule has 0 aliphatic carbocycles. The van der Waals surface area contributed by atoms with E-state index in [9.17, 15) is 9.90 Å². The van der Waals surface area contributed by atoms with Gasteiger partial charge in [0.2, 0.25) is 0 Å². The van der Waals surface area contributed by atoms with Crippen LogP contribution in [0, 0.1) is 11.3 Å². The highest BCUT2D eigenvalue weighted by Crippen LogP contribution is 2.16. The Bertz CT molecular complexity index is 261. The number of aliphatic hydroxyl groups is 1. The standard InChI is InChI=1S/C9H13NO3/c1-4-7(8(11)13-5-2)9(3,12)6-10/h4,12H,5H2,1-3H3/b7-4-. The number of hydrogen-bond donors (Lipinski definition) is 1. The third-order valence-electron chi connectivity index (χ3n) is 1.53. The fourth-order valence-electron chi connectivity index (χ4n) is 0.867. The van der Waals surface area contributed by atoms with Crippen LogP contribution in [-0.2, 0) is 9.53 Å². The summed E-state index contributed by atoms with van der Waals surface area (Å²) in [7, 11) is 0. The minimum Gasteiger partial charge on any atom is -0.463 e. The van der Waals surface area contributed by atoms with Crippen LogP contribution >= 0.6 is 0 Å². The first-order valence-corrected chi connectivity index (χ1v) is 3.97. The largest absolute Gasteiger partial charge is 0.463 e. The summed E-state index contributed by atoms with van der Waals surface area (Å²) in [5.41, 5.74) is -1.81. The molecule has 0 fully saturated rings. The van der Waals surface area contributed by atoms with E-state index in [1.54, 1.807) is 19.9 Å². The number of ether oxygens (including phenoxy) is 1. The number of nitriles is 1. The van der Waals surface area contributed by atoms with Gasteiger partial charge < -0.3 is 9.84 Å². The molecule has 1 unspecified atom stereocenters. The highest BCUT2D eigenvalue weighted by Gasteiger charge is 2.31. The van der Waals surface area contributed by atoms with E-state index in [4.69, 9.17) is 5.26 Å². The summed E-state index contributed by atoms with van der Waals surface area (Å²) >= 11 is 0. The quantitative estimate of drug-likeness (QED) is 0.398. The Morgan fingerprint density at radius 1 is 1.77 bits per heavy atom. The second-order valence-corrected chi connectivity index (χ2v) is 2.61. The molecule has 0 amide bonds. The third kappa shape index (κ3) is 2.88. The lowest BCUT2D eigenvalue weighted by Crippen LogP contribution is -2.30. The zero-order chi connectivity index (χ0) is 10.5. The van der Waals surface area contributed by atoms with Gasteiger partial charge in [0.15, 0.2) is 5.60 Å². The van der Waals surface area contributed by atoms with Gasteiger partial charge in [0, 0.05) is 0 Å². The lowest BCUT2D eigenvalue weighted by atomic mass is 9.97. The highest BCUT2D eigenvalue weighted by atomic mass is 16.5. The minimum atomic E-state index is -1.78. The smallest absolute Gasteiger partial charge is 0.337 e. The molecular formula is C9H13NO3.